The van der Waals surface area contributed by atoms with Gasteiger partial charge in [-0.15, -0.1) is 0 Å². The molecule has 0 unspecified atom stereocenters. The standard InChI is InChI=1S/C14H21NO4.Na/c1-12-5-13(2,9-16)7-14(3,6-12)11(19)15(8-12)4-10(17)18;/h9H,4-8H2,1-3H3,(H,17,18);/q;+1/p-1/t12-,13+,14-;/m1./s1. The first-order chi connectivity index (χ1) is 8.61. The van der Waals surface area contributed by atoms with E-state index in [1.807, 2.05) is 20.8 Å². The van der Waals surface area contributed by atoms with Gasteiger partial charge in [0.25, 0.3) is 0 Å². The van der Waals surface area contributed by atoms with Gasteiger partial charge in [0.2, 0.25) is 5.91 Å². The van der Waals surface area contributed by atoms with Crippen molar-refractivity contribution in [1.82, 2.24) is 4.90 Å². The van der Waals surface area contributed by atoms with Gasteiger partial charge in [-0.25, -0.2) is 0 Å². The summed E-state index contributed by atoms with van der Waals surface area (Å²) in [7, 11) is 0. The minimum Gasteiger partial charge on any atom is -0.548 e. The molecule has 2 bridgehead atoms. The molecule has 3 atom stereocenters. The molecule has 1 amide bonds. The number of hydrogen-bond donors (Lipinski definition) is 0. The Morgan fingerprint density at radius 1 is 1.30 bits per heavy atom. The molecule has 0 aromatic rings. The maximum absolute atomic E-state index is 12.5. The van der Waals surface area contributed by atoms with Gasteiger partial charge in [0, 0.05) is 17.4 Å². The molecule has 1 aliphatic heterocycles. The minimum absolute atomic E-state index is 0. The number of hydrogen-bond acceptors (Lipinski definition) is 4. The summed E-state index contributed by atoms with van der Waals surface area (Å²) in [6.45, 7) is 5.79. The molecule has 1 saturated carbocycles. The first-order valence-electron chi connectivity index (χ1n) is 6.57. The van der Waals surface area contributed by atoms with Crippen molar-refractivity contribution in [3.8, 4) is 0 Å². The fraction of sp³-hybridized carbons (Fsp3) is 0.786. The largest absolute Gasteiger partial charge is 1.00 e. The number of aldehydes is 1. The second-order valence-electron chi connectivity index (χ2n) is 7.21. The van der Waals surface area contributed by atoms with Crippen molar-refractivity contribution in [2.24, 2.45) is 16.2 Å². The number of fused-ring (bicyclic) bond motifs is 2. The number of carboxylic acids is 1. The van der Waals surface area contributed by atoms with Crippen LogP contribution in [-0.2, 0) is 14.4 Å². The van der Waals surface area contributed by atoms with Crippen molar-refractivity contribution >= 4 is 18.2 Å². The van der Waals surface area contributed by atoms with Crippen molar-refractivity contribution in [1.29, 1.82) is 0 Å². The van der Waals surface area contributed by atoms with E-state index in [1.54, 1.807) is 0 Å². The van der Waals surface area contributed by atoms with Crippen LogP contribution in [0.2, 0.25) is 0 Å². The average Bonchev–Trinajstić information content (AvgIpc) is 2.23. The second kappa shape index (κ2) is 5.43. The van der Waals surface area contributed by atoms with E-state index in [0.717, 1.165) is 6.29 Å². The average molecular weight is 289 g/mol. The van der Waals surface area contributed by atoms with Gasteiger partial charge in [0.05, 0.1) is 12.5 Å². The van der Waals surface area contributed by atoms with Crippen LogP contribution in [0, 0.1) is 16.2 Å². The van der Waals surface area contributed by atoms with Gasteiger partial charge in [0.1, 0.15) is 6.29 Å². The molecule has 106 valence electrons. The zero-order chi connectivity index (χ0) is 14.5. The van der Waals surface area contributed by atoms with Crippen LogP contribution >= 0.6 is 0 Å². The Kier molecular flexibility index (Phi) is 4.79. The summed E-state index contributed by atoms with van der Waals surface area (Å²) in [5, 5.41) is 10.8. The third kappa shape index (κ3) is 3.10. The molecule has 20 heavy (non-hydrogen) atoms. The summed E-state index contributed by atoms with van der Waals surface area (Å²) in [6.07, 6.45) is 2.84. The summed E-state index contributed by atoms with van der Waals surface area (Å²) >= 11 is 0. The van der Waals surface area contributed by atoms with E-state index in [4.69, 9.17) is 0 Å². The van der Waals surface area contributed by atoms with Gasteiger partial charge in [0.15, 0.2) is 0 Å². The number of carboxylic acid groups (broad SMARTS) is 1. The van der Waals surface area contributed by atoms with Crippen LogP contribution in [0.5, 0.6) is 0 Å². The van der Waals surface area contributed by atoms with E-state index in [2.05, 4.69) is 0 Å². The number of nitrogens with zero attached hydrogens (tertiary/aromatic N) is 1. The molecule has 0 aromatic carbocycles. The summed E-state index contributed by atoms with van der Waals surface area (Å²) < 4.78 is 0. The van der Waals surface area contributed by atoms with Crippen LogP contribution in [0.3, 0.4) is 0 Å². The van der Waals surface area contributed by atoms with Crippen LogP contribution in [-0.4, -0.2) is 36.2 Å². The molecule has 0 radical (unpaired) electrons. The Morgan fingerprint density at radius 2 is 1.90 bits per heavy atom. The van der Waals surface area contributed by atoms with E-state index in [0.29, 0.717) is 25.8 Å². The summed E-state index contributed by atoms with van der Waals surface area (Å²) in [6, 6.07) is 0. The van der Waals surface area contributed by atoms with Crippen molar-refractivity contribution in [3.05, 3.63) is 0 Å². The van der Waals surface area contributed by atoms with E-state index < -0.39 is 16.8 Å². The normalized spacial score (nSPS) is 40.0. The number of carbonyl (C=O) groups is 3. The molecule has 2 rings (SSSR count). The van der Waals surface area contributed by atoms with Crippen LogP contribution in [0.1, 0.15) is 40.0 Å². The van der Waals surface area contributed by atoms with Crippen LogP contribution in [0.15, 0.2) is 0 Å². The molecule has 1 heterocycles. The zero-order valence-corrected chi connectivity index (χ0v) is 14.7. The molecule has 0 spiro atoms. The molecule has 0 N–H and O–H groups in total. The maximum atomic E-state index is 12.5. The molecule has 1 saturated heterocycles. The molecule has 1 aliphatic carbocycles. The molecule has 5 nitrogen and oxygen atoms in total. The Balaban J connectivity index is 0.00000200. The Labute approximate surface area is 141 Å². The van der Waals surface area contributed by atoms with Crippen LogP contribution in [0.4, 0.5) is 0 Å². The fourth-order valence-electron chi connectivity index (χ4n) is 4.54. The van der Waals surface area contributed by atoms with E-state index in [1.165, 1.54) is 4.90 Å². The van der Waals surface area contributed by atoms with Crippen molar-refractivity contribution in [2.75, 3.05) is 13.1 Å². The predicted octanol–water partition coefficient (Wildman–Crippen LogP) is -3.02. The summed E-state index contributed by atoms with van der Waals surface area (Å²) in [5.41, 5.74) is -1.34. The molecule has 2 fully saturated rings. The Hall–Kier alpha value is -0.390. The third-order valence-electron chi connectivity index (χ3n) is 4.42. The number of carbonyl (C=O) groups excluding carboxylic acids is 3. The first kappa shape index (κ1) is 17.7. The molecular formula is C14H20NNaO4. The first-order valence-corrected chi connectivity index (χ1v) is 6.57. The van der Waals surface area contributed by atoms with E-state index in [-0.39, 0.29) is 47.4 Å². The minimum atomic E-state index is -1.24. The van der Waals surface area contributed by atoms with E-state index in [9.17, 15) is 19.5 Å². The van der Waals surface area contributed by atoms with Gasteiger partial charge in [-0.1, -0.05) is 20.8 Å². The topological polar surface area (TPSA) is 77.5 Å². The second-order valence-corrected chi connectivity index (χ2v) is 7.21. The summed E-state index contributed by atoms with van der Waals surface area (Å²) in [4.78, 5) is 35.9. The Bertz CT molecular complexity index is 450. The van der Waals surface area contributed by atoms with E-state index >= 15 is 0 Å². The smallest absolute Gasteiger partial charge is 0.548 e. The monoisotopic (exact) mass is 289 g/mol. The molecule has 2 aliphatic rings. The number of likely N-dealkylation sites (tertiary alicyclic amines) is 1. The molecular weight excluding hydrogens is 269 g/mol. The van der Waals surface area contributed by atoms with Gasteiger partial charge in [-0.05, 0) is 24.7 Å². The SMILES string of the molecule is C[C@]1(C=O)C[C@@]2(C)CN(CC(=O)[O-])C(=O)[C@@](C)(C1)C2.[Na+]. The summed E-state index contributed by atoms with van der Waals surface area (Å²) in [5.74, 6) is -1.40. The van der Waals surface area contributed by atoms with Gasteiger partial charge in [-0.2, -0.15) is 0 Å². The quantitative estimate of drug-likeness (QED) is 0.409. The van der Waals surface area contributed by atoms with Crippen molar-refractivity contribution in [3.63, 3.8) is 0 Å². The van der Waals surface area contributed by atoms with Crippen LogP contribution < -0.4 is 34.7 Å². The van der Waals surface area contributed by atoms with Crippen molar-refractivity contribution in [2.45, 2.75) is 40.0 Å². The third-order valence-corrected chi connectivity index (χ3v) is 4.42. The maximum Gasteiger partial charge on any atom is 1.00 e. The van der Waals surface area contributed by atoms with Gasteiger partial charge >= 0.3 is 29.6 Å². The number of amides is 1. The Morgan fingerprint density at radius 3 is 2.40 bits per heavy atom. The number of rotatable bonds is 3. The van der Waals surface area contributed by atoms with Crippen molar-refractivity contribution < 1.29 is 49.0 Å². The number of piperidine rings is 1. The molecule has 6 heteroatoms. The predicted molar refractivity (Wildman–Crippen MR) is 65.8 cm³/mol. The van der Waals surface area contributed by atoms with Crippen LogP contribution in [0.25, 0.3) is 0 Å². The zero-order valence-electron chi connectivity index (χ0n) is 12.7. The van der Waals surface area contributed by atoms with Gasteiger partial charge < -0.3 is 19.6 Å². The molecule has 0 aromatic heterocycles. The number of aliphatic carboxylic acids is 1. The fourth-order valence-corrected chi connectivity index (χ4v) is 4.54. The van der Waals surface area contributed by atoms with Gasteiger partial charge in [-0.3, -0.25) is 4.79 Å².